The van der Waals surface area contributed by atoms with Gasteiger partial charge in [0.25, 0.3) is 0 Å². The van der Waals surface area contributed by atoms with Gasteiger partial charge in [0.2, 0.25) is 5.91 Å². The van der Waals surface area contributed by atoms with Crippen LogP contribution in [0.25, 0.3) is 22.4 Å². The quantitative estimate of drug-likeness (QED) is 0.759. The van der Waals surface area contributed by atoms with Crippen LogP contribution >= 0.6 is 0 Å². The van der Waals surface area contributed by atoms with Crippen LogP contribution in [0.15, 0.2) is 48.5 Å². The van der Waals surface area contributed by atoms with Crippen molar-refractivity contribution in [3.8, 4) is 11.4 Å². The lowest BCUT2D eigenvalue weighted by Crippen LogP contribution is -2.43. The molecular weight excluding hydrogens is 328 g/mol. The molecule has 1 aromatic heterocycles. The molecule has 1 amide bonds. The number of aromatic nitrogens is 2. The number of carbonyl (C=O) groups is 1. The molecule has 6 heteroatoms. The highest BCUT2D eigenvalue weighted by atomic mass is 16.5. The van der Waals surface area contributed by atoms with Crippen molar-refractivity contribution in [3.05, 3.63) is 48.5 Å². The van der Waals surface area contributed by atoms with Crippen LogP contribution < -0.4 is 10.6 Å². The van der Waals surface area contributed by atoms with E-state index in [1.807, 2.05) is 49.5 Å². The zero-order valence-electron chi connectivity index (χ0n) is 14.7. The Morgan fingerprint density at radius 3 is 3.00 bits per heavy atom. The van der Waals surface area contributed by atoms with Crippen LogP contribution in [0.5, 0.6) is 0 Å². The van der Waals surface area contributed by atoms with Crippen molar-refractivity contribution in [2.75, 3.05) is 25.1 Å². The summed E-state index contributed by atoms with van der Waals surface area (Å²) in [4.78, 5) is 17.0. The zero-order valence-corrected chi connectivity index (χ0v) is 14.7. The van der Waals surface area contributed by atoms with Crippen molar-refractivity contribution in [2.24, 2.45) is 7.05 Å². The number of aryl methyl sites for hydroxylation is 1. The van der Waals surface area contributed by atoms with Crippen LogP contribution in [0.3, 0.4) is 0 Å². The fourth-order valence-electron chi connectivity index (χ4n) is 3.33. The Hall–Kier alpha value is -2.70. The molecule has 6 nitrogen and oxygen atoms in total. The first-order chi connectivity index (χ1) is 12.7. The molecular formula is C20H22N4O2. The first-order valence-corrected chi connectivity index (χ1v) is 8.83. The minimum absolute atomic E-state index is 0.0184. The fraction of sp³-hybridized carbons (Fsp3) is 0.300. The van der Waals surface area contributed by atoms with Gasteiger partial charge < -0.3 is 19.9 Å². The van der Waals surface area contributed by atoms with E-state index in [2.05, 4.69) is 21.3 Å². The number of morpholine rings is 1. The Morgan fingerprint density at radius 2 is 2.19 bits per heavy atom. The van der Waals surface area contributed by atoms with Crippen LogP contribution in [0, 0.1) is 0 Å². The first kappa shape index (κ1) is 16.8. The molecule has 2 heterocycles. The largest absolute Gasteiger partial charge is 0.378 e. The molecule has 26 heavy (non-hydrogen) atoms. The highest BCUT2D eigenvalue weighted by molar-refractivity contribution is 5.92. The normalized spacial score (nSPS) is 17.3. The Bertz CT molecular complexity index is 928. The summed E-state index contributed by atoms with van der Waals surface area (Å²) in [5.74, 6) is 0.861. The summed E-state index contributed by atoms with van der Waals surface area (Å²) < 4.78 is 7.47. The summed E-state index contributed by atoms with van der Waals surface area (Å²) >= 11 is 0. The monoisotopic (exact) mass is 350 g/mol. The van der Waals surface area contributed by atoms with Crippen molar-refractivity contribution in [1.82, 2.24) is 14.9 Å². The third-order valence-electron chi connectivity index (χ3n) is 4.62. The van der Waals surface area contributed by atoms with Gasteiger partial charge in [-0.1, -0.05) is 24.3 Å². The molecule has 1 fully saturated rings. The molecule has 1 aliphatic rings. The smallest absolute Gasteiger partial charge is 0.226 e. The highest BCUT2D eigenvalue weighted by Gasteiger charge is 2.17. The molecule has 2 N–H and O–H groups in total. The number of para-hydroxylation sites is 2. The van der Waals surface area contributed by atoms with Crippen LogP contribution in [0.1, 0.15) is 6.42 Å². The minimum atomic E-state index is -0.0184. The third kappa shape index (κ3) is 3.47. The molecule has 1 saturated heterocycles. The lowest BCUT2D eigenvalue weighted by atomic mass is 10.1. The molecule has 0 spiro atoms. The van der Waals surface area contributed by atoms with E-state index in [0.717, 1.165) is 34.7 Å². The van der Waals surface area contributed by atoms with Gasteiger partial charge in [-0.2, -0.15) is 0 Å². The number of carbonyl (C=O) groups excluding carboxylic acids is 1. The van der Waals surface area contributed by atoms with Crippen molar-refractivity contribution >= 4 is 22.6 Å². The van der Waals surface area contributed by atoms with Crippen LogP contribution in [-0.4, -0.2) is 41.3 Å². The van der Waals surface area contributed by atoms with Crippen molar-refractivity contribution in [2.45, 2.75) is 12.5 Å². The number of nitrogens with zero attached hydrogens (tertiary/aromatic N) is 2. The van der Waals surface area contributed by atoms with E-state index >= 15 is 0 Å². The van der Waals surface area contributed by atoms with E-state index in [1.165, 1.54) is 0 Å². The minimum Gasteiger partial charge on any atom is -0.378 e. The Labute approximate surface area is 152 Å². The number of fused-ring (bicyclic) bond motifs is 1. The second-order valence-corrected chi connectivity index (χ2v) is 6.54. The predicted octanol–water partition coefficient (Wildman–Crippen LogP) is 2.56. The number of benzene rings is 2. The molecule has 3 aromatic rings. The molecule has 1 atom stereocenters. The van der Waals surface area contributed by atoms with E-state index in [9.17, 15) is 4.79 Å². The van der Waals surface area contributed by atoms with Gasteiger partial charge in [-0.15, -0.1) is 0 Å². The Kier molecular flexibility index (Phi) is 4.69. The summed E-state index contributed by atoms with van der Waals surface area (Å²) in [5.41, 5.74) is 3.79. The summed E-state index contributed by atoms with van der Waals surface area (Å²) in [7, 11) is 2.00. The van der Waals surface area contributed by atoms with Crippen LogP contribution in [0.2, 0.25) is 0 Å². The molecule has 0 aliphatic carbocycles. The number of anilines is 1. The number of amides is 1. The van der Waals surface area contributed by atoms with Crippen LogP contribution in [0.4, 0.5) is 5.69 Å². The van der Waals surface area contributed by atoms with E-state index in [4.69, 9.17) is 9.72 Å². The number of imidazole rings is 1. The Morgan fingerprint density at radius 1 is 1.31 bits per heavy atom. The molecule has 4 rings (SSSR count). The zero-order chi connectivity index (χ0) is 17.9. The number of hydrogen-bond acceptors (Lipinski definition) is 4. The first-order valence-electron chi connectivity index (χ1n) is 8.83. The van der Waals surface area contributed by atoms with E-state index in [1.54, 1.807) is 0 Å². The molecule has 0 saturated carbocycles. The van der Waals surface area contributed by atoms with E-state index < -0.39 is 0 Å². The van der Waals surface area contributed by atoms with Crippen molar-refractivity contribution < 1.29 is 9.53 Å². The van der Waals surface area contributed by atoms with Gasteiger partial charge in [-0.05, 0) is 24.3 Å². The van der Waals surface area contributed by atoms with Gasteiger partial charge in [0, 0.05) is 37.3 Å². The molecule has 1 unspecified atom stereocenters. The van der Waals surface area contributed by atoms with Gasteiger partial charge >= 0.3 is 0 Å². The van der Waals surface area contributed by atoms with E-state index in [-0.39, 0.29) is 11.9 Å². The van der Waals surface area contributed by atoms with Crippen molar-refractivity contribution in [1.29, 1.82) is 0 Å². The number of nitrogens with one attached hydrogen (secondary N) is 2. The van der Waals surface area contributed by atoms with Gasteiger partial charge in [0.05, 0.1) is 24.2 Å². The predicted molar refractivity (Wildman–Crippen MR) is 102 cm³/mol. The molecule has 134 valence electrons. The van der Waals surface area contributed by atoms with Crippen LogP contribution in [-0.2, 0) is 16.6 Å². The maximum atomic E-state index is 12.3. The maximum Gasteiger partial charge on any atom is 0.226 e. The SMILES string of the molecule is Cn1c(-c2cccc(NC(=O)CC3COCCN3)c2)nc2ccccc21. The second kappa shape index (κ2) is 7.27. The summed E-state index contributed by atoms with van der Waals surface area (Å²) in [6.45, 7) is 2.08. The maximum absolute atomic E-state index is 12.3. The summed E-state index contributed by atoms with van der Waals surface area (Å²) in [6.07, 6.45) is 0.399. The average Bonchev–Trinajstić information content (AvgIpc) is 3.00. The standard InChI is InChI=1S/C20H22N4O2/c1-24-18-8-3-2-7-17(18)23-20(24)14-5-4-6-15(11-14)22-19(25)12-16-13-26-10-9-21-16/h2-8,11,16,21H,9-10,12-13H2,1H3,(H,22,25). The van der Waals surface area contributed by atoms with Gasteiger partial charge in [-0.25, -0.2) is 4.98 Å². The van der Waals surface area contributed by atoms with Crippen molar-refractivity contribution in [3.63, 3.8) is 0 Å². The molecule has 0 bridgehead atoms. The molecule has 2 aromatic carbocycles. The van der Waals surface area contributed by atoms with Gasteiger partial charge in [0.1, 0.15) is 5.82 Å². The lowest BCUT2D eigenvalue weighted by molar-refractivity contribution is -0.117. The topological polar surface area (TPSA) is 68.2 Å². The number of hydrogen-bond donors (Lipinski definition) is 2. The third-order valence-corrected chi connectivity index (χ3v) is 4.62. The van der Waals surface area contributed by atoms with Gasteiger partial charge in [0.15, 0.2) is 0 Å². The Balaban J connectivity index is 1.52. The number of ether oxygens (including phenoxy) is 1. The van der Waals surface area contributed by atoms with Gasteiger partial charge in [-0.3, -0.25) is 4.79 Å². The summed E-state index contributed by atoms with van der Waals surface area (Å²) in [6, 6.07) is 15.9. The fourth-order valence-corrected chi connectivity index (χ4v) is 3.33. The van der Waals surface area contributed by atoms with E-state index in [0.29, 0.717) is 19.6 Å². The number of rotatable bonds is 4. The summed E-state index contributed by atoms with van der Waals surface area (Å²) in [5, 5.41) is 6.28. The highest BCUT2D eigenvalue weighted by Crippen LogP contribution is 2.25. The lowest BCUT2D eigenvalue weighted by Gasteiger charge is -2.23. The second-order valence-electron chi connectivity index (χ2n) is 6.54. The average molecular weight is 350 g/mol. The molecule has 1 aliphatic heterocycles. The molecule has 0 radical (unpaired) electrons.